The van der Waals surface area contributed by atoms with Gasteiger partial charge >= 0.3 is 0 Å². The Labute approximate surface area is 161 Å². The van der Waals surface area contributed by atoms with Gasteiger partial charge in [-0.2, -0.15) is 0 Å². The highest BCUT2D eigenvalue weighted by Gasteiger charge is 2.16. The number of rotatable bonds is 6. The molecule has 0 unspecified atom stereocenters. The summed E-state index contributed by atoms with van der Waals surface area (Å²) < 4.78 is 13.9. The van der Waals surface area contributed by atoms with E-state index in [-0.39, 0.29) is 22.3 Å². The number of nitrogens with zero attached hydrogens (tertiary/aromatic N) is 3. The molecule has 2 N–H and O–H groups in total. The van der Waals surface area contributed by atoms with Gasteiger partial charge in [0, 0.05) is 34.6 Å². The lowest BCUT2D eigenvalue weighted by atomic mass is 10.1. The van der Waals surface area contributed by atoms with Gasteiger partial charge in [-0.05, 0) is 24.1 Å². The molecule has 7 heteroatoms. The van der Waals surface area contributed by atoms with Gasteiger partial charge in [0.1, 0.15) is 17.3 Å². The predicted octanol–water partition coefficient (Wildman–Crippen LogP) is 5.84. The van der Waals surface area contributed by atoms with E-state index < -0.39 is 5.83 Å². The molecule has 3 heterocycles. The molecule has 27 heavy (non-hydrogen) atoms. The molecule has 0 saturated heterocycles. The van der Waals surface area contributed by atoms with E-state index in [0.717, 1.165) is 22.3 Å². The van der Waals surface area contributed by atoms with Crippen molar-refractivity contribution in [3.8, 4) is 0 Å². The SMILES string of the molecule is C=C(Cl)/C=C(\C(=C)F)c1ncc(C(C)C)c(Nc2ccnc3[nH]ccc23)n1. The van der Waals surface area contributed by atoms with Gasteiger partial charge in [0.25, 0.3) is 0 Å². The fraction of sp³-hybridized carbons (Fsp3) is 0.150. The first kappa shape index (κ1) is 18.8. The quantitative estimate of drug-likeness (QED) is 0.525. The van der Waals surface area contributed by atoms with Crippen LogP contribution in [-0.4, -0.2) is 19.9 Å². The summed E-state index contributed by atoms with van der Waals surface area (Å²) in [6.07, 6.45) is 6.55. The molecule has 0 spiro atoms. The Morgan fingerprint density at radius 2 is 2.07 bits per heavy atom. The lowest BCUT2D eigenvalue weighted by molar-refractivity contribution is 0.675. The number of halogens is 2. The Morgan fingerprint density at radius 3 is 2.74 bits per heavy atom. The molecule has 0 amide bonds. The van der Waals surface area contributed by atoms with Crippen molar-refractivity contribution in [2.24, 2.45) is 0 Å². The van der Waals surface area contributed by atoms with Gasteiger partial charge in [-0.3, -0.25) is 0 Å². The average Bonchev–Trinajstić information content (AvgIpc) is 3.09. The second kappa shape index (κ2) is 7.72. The highest BCUT2D eigenvalue weighted by atomic mass is 35.5. The van der Waals surface area contributed by atoms with Crippen LogP contribution in [0, 0.1) is 0 Å². The van der Waals surface area contributed by atoms with Gasteiger partial charge in [0.15, 0.2) is 5.82 Å². The number of hydrogen-bond acceptors (Lipinski definition) is 4. The molecule has 3 rings (SSSR count). The van der Waals surface area contributed by atoms with Crippen LogP contribution < -0.4 is 5.32 Å². The minimum Gasteiger partial charge on any atom is -0.346 e. The number of H-pyrrole nitrogens is 1. The van der Waals surface area contributed by atoms with Gasteiger partial charge < -0.3 is 10.3 Å². The van der Waals surface area contributed by atoms with Crippen LogP contribution in [0.5, 0.6) is 0 Å². The molecule has 3 aromatic rings. The van der Waals surface area contributed by atoms with Gasteiger partial charge in [-0.1, -0.05) is 38.6 Å². The Bertz CT molecular complexity index is 1050. The van der Waals surface area contributed by atoms with Gasteiger partial charge in [0.05, 0.1) is 11.3 Å². The first-order chi connectivity index (χ1) is 12.9. The Kier molecular flexibility index (Phi) is 5.37. The largest absolute Gasteiger partial charge is 0.346 e. The third-order valence-electron chi connectivity index (χ3n) is 3.99. The van der Waals surface area contributed by atoms with Gasteiger partial charge in [-0.15, -0.1) is 0 Å². The second-order valence-electron chi connectivity index (χ2n) is 6.29. The first-order valence-corrected chi connectivity index (χ1v) is 8.72. The van der Waals surface area contributed by atoms with E-state index in [1.54, 1.807) is 12.4 Å². The molecule has 0 bridgehead atoms. The number of aromatic amines is 1. The van der Waals surface area contributed by atoms with Crippen LogP contribution in [0.1, 0.15) is 31.2 Å². The zero-order valence-electron chi connectivity index (χ0n) is 15.1. The molecule has 0 aromatic carbocycles. The van der Waals surface area contributed by atoms with E-state index in [9.17, 15) is 4.39 Å². The van der Waals surface area contributed by atoms with E-state index in [1.807, 2.05) is 32.2 Å². The minimum atomic E-state index is -0.683. The predicted molar refractivity (Wildman–Crippen MR) is 109 cm³/mol. The molecule has 0 aliphatic heterocycles. The van der Waals surface area contributed by atoms with E-state index in [2.05, 4.69) is 38.4 Å². The Hall–Kier alpha value is -2.99. The van der Waals surface area contributed by atoms with Crippen LogP contribution in [0.3, 0.4) is 0 Å². The summed E-state index contributed by atoms with van der Waals surface area (Å²) in [6, 6.07) is 3.78. The fourth-order valence-electron chi connectivity index (χ4n) is 2.66. The summed E-state index contributed by atoms with van der Waals surface area (Å²) in [4.78, 5) is 16.2. The van der Waals surface area contributed by atoms with E-state index in [4.69, 9.17) is 11.6 Å². The third kappa shape index (κ3) is 4.06. The molecular formula is C20H19ClFN5. The lowest BCUT2D eigenvalue weighted by Gasteiger charge is -2.15. The van der Waals surface area contributed by atoms with Crippen molar-refractivity contribution in [1.82, 2.24) is 19.9 Å². The second-order valence-corrected chi connectivity index (χ2v) is 6.77. The zero-order valence-corrected chi connectivity index (χ0v) is 15.8. The van der Waals surface area contributed by atoms with Crippen molar-refractivity contribution in [1.29, 1.82) is 0 Å². The van der Waals surface area contributed by atoms with Crippen LogP contribution in [0.25, 0.3) is 16.6 Å². The number of fused-ring (bicyclic) bond motifs is 1. The maximum Gasteiger partial charge on any atom is 0.164 e. The topological polar surface area (TPSA) is 66.5 Å². The van der Waals surface area contributed by atoms with Crippen molar-refractivity contribution < 1.29 is 4.39 Å². The Morgan fingerprint density at radius 1 is 1.30 bits per heavy atom. The standard InChI is InChI=1S/C20H19ClFN5/c1-11(2)16-10-25-19(15(13(4)22)9-12(3)21)27-20(16)26-17-6-8-24-18-14(17)5-7-23-18/h5-11H,3-4H2,1-2H3,(H2,23,24,25,26,27)/b15-9+. The number of aromatic nitrogens is 4. The normalized spacial score (nSPS) is 11.8. The maximum atomic E-state index is 13.9. The summed E-state index contributed by atoms with van der Waals surface area (Å²) in [6.45, 7) is 11.0. The number of nitrogens with one attached hydrogen (secondary N) is 2. The smallest absolute Gasteiger partial charge is 0.164 e. The number of anilines is 2. The number of allylic oxidation sites excluding steroid dienone is 4. The van der Waals surface area contributed by atoms with Crippen LogP contribution in [0.2, 0.25) is 0 Å². The van der Waals surface area contributed by atoms with Crippen molar-refractivity contribution >= 4 is 39.7 Å². The van der Waals surface area contributed by atoms with Crippen LogP contribution in [0.4, 0.5) is 15.9 Å². The van der Waals surface area contributed by atoms with Gasteiger partial charge in [-0.25, -0.2) is 19.3 Å². The van der Waals surface area contributed by atoms with Gasteiger partial charge in [0.2, 0.25) is 0 Å². The molecule has 5 nitrogen and oxygen atoms in total. The van der Waals surface area contributed by atoms with Crippen molar-refractivity contribution in [2.75, 3.05) is 5.32 Å². The highest BCUT2D eigenvalue weighted by Crippen LogP contribution is 2.31. The Balaban J connectivity index is 2.11. The van der Waals surface area contributed by atoms with Crippen LogP contribution in [-0.2, 0) is 0 Å². The zero-order chi connectivity index (χ0) is 19.6. The third-order valence-corrected chi connectivity index (χ3v) is 4.10. The minimum absolute atomic E-state index is 0.0925. The van der Waals surface area contributed by atoms with E-state index in [0.29, 0.717) is 5.82 Å². The van der Waals surface area contributed by atoms with E-state index in [1.165, 1.54) is 6.08 Å². The first-order valence-electron chi connectivity index (χ1n) is 8.34. The van der Waals surface area contributed by atoms with Crippen LogP contribution in [0.15, 0.2) is 60.8 Å². The molecule has 0 radical (unpaired) electrons. The van der Waals surface area contributed by atoms with Crippen LogP contribution >= 0.6 is 11.6 Å². The monoisotopic (exact) mass is 383 g/mol. The summed E-state index contributed by atoms with van der Waals surface area (Å²) in [5, 5.41) is 4.41. The molecule has 0 atom stereocenters. The summed E-state index contributed by atoms with van der Waals surface area (Å²) in [7, 11) is 0. The fourth-order valence-corrected chi connectivity index (χ4v) is 2.77. The molecule has 0 aliphatic rings. The number of pyridine rings is 1. The molecule has 0 fully saturated rings. The van der Waals surface area contributed by atoms with Crippen molar-refractivity contribution in [3.05, 3.63) is 72.2 Å². The molecule has 3 aromatic heterocycles. The summed E-state index contributed by atoms with van der Waals surface area (Å²) in [5.74, 6) is 0.234. The molecule has 0 saturated carbocycles. The summed E-state index contributed by atoms with van der Waals surface area (Å²) in [5.41, 5.74) is 2.58. The molecular weight excluding hydrogens is 365 g/mol. The van der Waals surface area contributed by atoms with Crippen molar-refractivity contribution in [2.45, 2.75) is 19.8 Å². The highest BCUT2D eigenvalue weighted by molar-refractivity contribution is 6.31. The summed E-state index contributed by atoms with van der Waals surface area (Å²) >= 11 is 5.81. The van der Waals surface area contributed by atoms with E-state index >= 15 is 0 Å². The van der Waals surface area contributed by atoms with Crippen molar-refractivity contribution in [3.63, 3.8) is 0 Å². The maximum absolute atomic E-state index is 13.9. The lowest BCUT2D eigenvalue weighted by Crippen LogP contribution is -2.06. The number of hydrogen-bond donors (Lipinski definition) is 2. The molecule has 138 valence electrons. The average molecular weight is 384 g/mol. The molecule has 0 aliphatic carbocycles.